The van der Waals surface area contributed by atoms with Crippen LogP contribution in [-0.2, 0) is 16.1 Å². The summed E-state index contributed by atoms with van der Waals surface area (Å²) in [7, 11) is 0. The number of aliphatic carboxylic acids is 1. The van der Waals surface area contributed by atoms with Gasteiger partial charge in [0.25, 0.3) is 11.8 Å². The van der Waals surface area contributed by atoms with Crippen LogP contribution in [-0.4, -0.2) is 44.1 Å². The van der Waals surface area contributed by atoms with Gasteiger partial charge in [0.2, 0.25) is 0 Å². The lowest BCUT2D eigenvalue weighted by Crippen LogP contribution is -2.44. The normalized spacial score (nSPS) is 15.2. The quantitative estimate of drug-likeness (QED) is 0.592. The summed E-state index contributed by atoms with van der Waals surface area (Å²) >= 11 is 6.48. The van der Waals surface area contributed by atoms with E-state index in [-0.39, 0.29) is 11.1 Å². The summed E-state index contributed by atoms with van der Waals surface area (Å²) in [5.41, 5.74) is 2.19. The van der Waals surface area contributed by atoms with Crippen LogP contribution in [0.5, 0.6) is 0 Å². The predicted octanol–water partition coefficient (Wildman–Crippen LogP) is 3.25. The number of rotatable bonds is 6. The van der Waals surface area contributed by atoms with Gasteiger partial charge in [-0.15, -0.1) is 0 Å². The zero-order valence-corrected chi connectivity index (χ0v) is 16.4. The second-order valence-electron chi connectivity index (χ2n) is 6.56. The van der Waals surface area contributed by atoms with Crippen molar-refractivity contribution in [2.45, 2.75) is 33.2 Å². The number of fused-ring (bicyclic) bond motifs is 1. The summed E-state index contributed by atoms with van der Waals surface area (Å²) in [6.07, 6.45) is 3.50. The lowest BCUT2D eigenvalue weighted by molar-refractivity contribution is -0.141. The van der Waals surface area contributed by atoms with Gasteiger partial charge < -0.3 is 5.11 Å². The molecule has 0 saturated carbocycles. The minimum atomic E-state index is -1.26. The van der Waals surface area contributed by atoms with E-state index in [1.807, 2.05) is 0 Å². The van der Waals surface area contributed by atoms with Crippen LogP contribution in [0.4, 0.5) is 0 Å². The molecule has 7 nitrogen and oxygen atoms in total. The molecule has 1 aliphatic rings. The minimum absolute atomic E-state index is 0.219. The molecule has 28 heavy (non-hydrogen) atoms. The smallest absolute Gasteiger partial charge is 0.323 e. The number of unbranched alkanes of at least 4 members (excludes halogenated alkanes) is 1. The van der Waals surface area contributed by atoms with Gasteiger partial charge in [0, 0.05) is 23.2 Å². The Hall–Kier alpha value is -2.93. The van der Waals surface area contributed by atoms with Gasteiger partial charge in [0.05, 0.1) is 5.69 Å². The Morgan fingerprint density at radius 2 is 1.89 bits per heavy atom. The molecule has 2 amide bonds. The standard InChI is InChI=1S/C20H20ClN3O4/c1-3-4-9-24-18(21)15(12(2)22-24)10-16-13-7-5-6-8-14(13)19(27)23(20(16)28)11-17(25)26/h5-8,10H,3-4,9,11H2,1-2H3,(H,25,26). The Bertz CT molecular complexity index is 993. The first-order chi connectivity index (χ1) is 13.3. The van der Waals surface area contributed by atoms with Gasteiger partial charge in [-0.25, -0.2) is 0 Å². The van der Waals surface area contributed by atoms with Crippen LogP contribution >= 0.6 is 11.6 Å². The molecule has 0 radical (unpaired) electrons. The topological polar surface area (TPSA) is 92.5 Å². The van der Waals surface area contributed by atoms with E-state index < -0.39 is 24.3 Å². The number of aromatic nitrogens is 2. The molecule has 1 aromatic heterocycles. The summed E-state index contributed by atoms with van der Waals surface area (Å²) in [5, 5.41) is 13.9. The predicted molar refractivity (Wildman–Crippen MR) is 105 cm³/mol. The van der Waals surface area contributed by atoms with E-state index in [1.54, 1.807) is 41.9 Å². The zero-order valence-electron chi connectivity index (χ0n) is 15.6. The summed E-state index contributed by atoms with van der Waals surface area (Å²) < 4.78 is 1.69. The largest absolute Gasteiger partial charge is 0.480 e. The highest BCUT2D eigenvalue weighted by Gasteiger charge is 2.36. The van der Waals surface area contributed by atoms with E-state index >= 15 is 0 Å². The van der Waals surface area contributed by atoms with Crippen molar-refractivity contribution in [1.82, 2.24) is 14.7 Å². The molecule has 0 aliphatic carbocycles. The number of hydrogen-bond donors (Lipinski definition) is 1. The number of carbonyl (C=O) groups excluding carboxylic acids is 2. The minimum Gasteiger partial charge on any atom is -0.480 e. The molecular formula is C20H20ClN3O4. The van der Waals surface area contributed by atoms with E-state index in [0.717, 1.165) is 17.7 Å². The third kappa shape index (κ3) is 3.57. The summed E-state index contributed by atoms with van der Waals surface area (Å²) in [5.74, 6) is -2.55. The Balaban J connectivity index is 2.13. The van der Waals surface area contributed by atoms with Crippen molar-refractivity contribution in [2.75, 3.05) is 6.54 Å². The molecular weight excluding hydrogens is 382 g/mol. The lowest BCUT2D eigenvalue weighted by atomic mass is 9.92. The van der Waals surface area contributed by atoms with Crippen molar-refractivity contribution < 1.29 is 19.5 Å². The van der Waals surface area contributed by atoms with Gasteiger partial charge in [0.1, 0.15) is 11.7 Å². The average Bonchev–Trinajstić information content (AvgIpc) is 2.93. The Morgan fingerprint density at radius 3 is 2.54 bits per heavy atom. The first-order valence-corrected chi connectivity index (χ1v) is 9.35. The van der Waals surface area contributed by atoms with Crippen molar-refractivity contribution in [1.29, 1.82) is 0 Å². The van der Waals surface area contributed by atoms with Gasteiger partial charge in [0.15, 0.2) is 0 Å². The Kier molecular flexibility index (Phi) is 5.65. The number of carboxylic acid groups (broad SMARTS) is 1. The number of hydrogen-bond acceptors (Lipinski definition) is 4. The highest BCUT2D eigenvalue weighted by atomic mass is 35.5. The highest BCUT2D eigenvalue weighted by molar-refractivity contribution is 6.36. The zero-order chi connectivity index (χ0) is 20.4. The molecule has 0 unspecified atom stereocenters. The summed E-state index contributed by atoms with van der Waals surface area (Å²) in [6.45, 7) is 3.82. The van der Waals surface area contributed by atoms with Gasteiger partial charge in [-0.1, -0.05) is 43.1 Å². The first-order valence-electron chi connectivity index (χ1n) is 8.97. The maximum absolute atomic E-state index is 12.9. The van der Waals surface area contributed by atoms with Crippen LogP contribution in [0, 0.1) is 6.92 Å². The fraction of sp³-hybridized carbons (Fsp3) is 0.300. The number of amides is 2. The third-order valence-corrected chi connectivity index (χ3v) is 4.98. The van der Waals surface area contributed by atoms with Crippen molar-refractivity contribution in [3.05, 3.63) is 51.8 Å². The van der Waals surface area contributed by atoms with E-state index in [0.29, 0.717) is 28.5 Å². The lowest BCUT2D eigenvalue weighted by Gasteiger charge is -2.27. The van der Waals surface area contributed by atoms with Crippen LogP contribution in [0.3, 0.4) is 0 Å². The molecule has 3 rings (SSSR count). The molecule has 0 atom stereocenters. The highest BCUT2D eigenvalue weighted by Crippen LogP contribution is 2.32. The fourth-order valence-corrected chi connectivity index (χ4v) is 3.47. The molecule has 1 aromatic carbocycles. The fourth-order valence-electron chi connectivity index (χ4n) is 3.15. The van der Waals surface area contributed by atoms with Crippen LogP contribution in [0.25, 0.3) is 11.6 Å². The molecule has 2 aromatic rings. The number of benzene rings is 1. The van der Waals surface area contributed by atoms with Crippen LogP contribution < -0.4 is 0 Å². The molecule has 0 bridgehead atoms. The van der Waals surface area contributed by atoms with Crippen LogP contribution in [0.1, 0.15) is 46.9 Å². The molecule has 0 saturated heterocycles. The van der Waals surface area contributed by atoms with Crippen molar-refractivity contribution >= 4 is 41.0 Å². The Morgan fingerprint density at radius 1 is 1.21 bits per heavy atom. The van der Waals surface area contributed by atoms with E-state index in [2.05, 4.69) is 12.0 Å². The Labute approximate surface area is 167 Å². The van der Waals surface area contributed by atoms with Gasteiger partial charge in [-0.3, -0.25) is 24.0 Å². The molecule has 0 fully saturated rings. The van der Waals surface area contributed by atoms with Crippen molar-refractivity contribution in [2.24, 2.45) is 0 Å². The molecule has 1 aliphatic heterocycles. The average molecular weight is 402 g/mol. The van der Waals surface area contributed by atoms with Gasteiger partial charge in [-0.05, 0) is 31.1 Å². The molecule has 8 heteroatoms. The maximum atomic E-state index is 12.9. The monoisotopic (exact) mass is 401 g/mol. The van der Waals surface area contributed by atoms with Crippen LogP contribution in [0.15, 0.2) is 24.3 Å². The van der Waals surface area contributed by atoms with Crippen LogP contribution in [0.2, 0.25) is 5.15 Å². The van der Waals surface area contributed by atoms with Gasteiger partial charge >= 0.3 is 5.97 Å². The second-order valence-corrected chi connectivity index (χ2v) is 6.92. The SMILES string of the molecule is CCCCn1nc(C)c(C=C2C(=O)N(CC(=O)O)C(=O)c3ccccc32)c1Cl. The number of halogens is 1. The number of carbonyl (C=O) groups is 3. The summed E-state index contributed by atoms with van der Waals surface area (Å²) in [4.78, 5) is 37.4. The third-order valence-electron chi connectivity index (χ3n) is 4.58. The molecule has 146 valence electrons. The van der Waals surface area contributed by atoms with Gasteiger partial charge in [-0.2, -0.15) is 5.10 Å². The summed E-state index contributed by atoms with van der Waals surface area (Å²) in [6, 6.07) is 6.63. The second kappa shape index (κ2) is 7.98. The number of nitrogens with zero attached hydrogens (tertiary/aromatic N) is 3. The number of imide groups is 1. The van der Waals surface area contributed by atoms with Crippen molar-refractivity contribution in [3.63, 3.8) is 0 Å². The van der Waals surface area contributed by atoms with E-state index in [9.17, 15) is 14.4 Å². The number of carboxylic acids is 1. The van der Waals surface area contributed by atoms with Crippen molar-refractivity contribution in [3.8, 4) is 0 Å². The van der Waals surface area contributed by atoms with E-state index in [4.69, 9.17) is 16.7 Å². The molecule has 2 heterocycles. The van der Waals surface area contributed by atoms with E-state index in [1.165, 1.54) is 0 Å². The molecule has 0 spiro atoms. The maximum Gasteiger partial charge on any atom is 0.323 e. The molecule has 1 N–H and O–H groups in total. The first kappa shape index (κ1) is 19.8. The number of aryl methyl sites for hydroxylation is 2.